The number of halogens is 6. The first-order valence-corrected chi connectivity index (χ1v) is 3.81. The molecule has 0 N–H and O–H groups in total. The maximum Gasteiger partial charge on any atom is 0.459 e. The fourth-order valence-corrected chi connectivity index (χ4v) is 0.784. The van der Waals surface area contributed by atoms with Crippen molar-refractivity contribution < 1.29 is 46.6 Å². The van der Waals surface area contributed by atoms with Crippen LogP contribution in [0.5, 0.6) is 6.01 Å². The van der Waals surface area contributed by atoms with Crippen molar-refractivity contribution >= 4 is 0 Å². The highest BCUT2D eigenvalue weighted by Gasteiger charge is 2.60. The third-order valence-electron chi connectivity index (χ3n) is 1.49. The lowest BCUT2D eigenvalue weighted by Gasteiger charge is -2.18. The van der Waals surface area contributed by atoms with E-state index in [4.69, 9.17) is 0 Å². The van der Waals surface area contributed by atoms with Crippen molar-refractivity contribution in [2.45, 2.75) is 12.1 Å². The van der Waals surface area contributed by atoms with Crippen LogP contribution in [0.3, 0.4) is 0 Å². The van der Waals surface area contributed by atoms with Crippen LogP contribution in [0.1, 0.15) is 5.69 Å². The predicted molar refractivity (Wildman–Crippen MR) is 34.7 cm³/mol. The van der Waals surface area contributed by atoms with Crippen LogP contribution in [0.2, 0.25) is 0 Å². The van der Waals surface area contributed by atoms with Crippen LogP contribution >= 0.6 is 0 Å². The van der Waals surface area contributed by atoms with E-state index >= 15 is 0 Å². The average Bonchev–Trinajstić information content (AvgIpc) is 2.24. The van der Waals surface area contributed by atoms with Gasteiger partial charge in [0.1, 0.15) is 5.69 Å². The molecule has 0 spiro atoms. The van der Waals surface area contributed by atoms with Gasteiger partial charge < -0.3 is 5.26 Å². The quantitative estimate of drug-likeness (QED) is 0.351. The van der Waals surface area contributed by atoms with Crippen molar-refractivity contribution in [3.05, 3.63) is 17.7 Å². The maximum absolute atomic E-state index is 12.8. The van der Waals surface area contributed by atoms with Gasteiger partial charge in [-0.25, -0.2) is 0 Å². The molecule has 0 aliphatic rings. The minimum absolute atomic E-state index is 0.252. The Kier molecular flexibility index (Phi) is 3.93. The minimum atomic E-state index is -6.00. The van der Waals surface area contributed by atoms with E-state index in [1.165, 1.54) is 0 Å². The number of hydrogen-bond acceptors (Lipinski definition) is 6. The van der Waals surface area contributed by atoms with Crippen LogP contribution in [-0.4, -0.2) is 16.1 Å². The number of aromatic nitrogens is 2. The normalized spacial score (nSPS) is 12.6. The van der Waals surface area contributed by atoms with Gasteiger partial charge in [0, 0.05) is 6.07 Å². The molecule has 0 radical (unpaired) electrons. The van der Waals surface area contributed by atoms with Gasteiger partial charge in [-0.3, -0.25) is 9.93 Å². The molecule has 0 amide bonds. The molecule has 0 aliphatic carbocycles. The molecular weight excluding hydrogens is 278 g/mol. The Hall–Kier alpha value is -1.66. The minimum Gasteiger partial charge on any atom is -0.689 e. The molecule has 0 bridgehead atoms. The average molecular weight is 279 g/mol. The molecule has 102 valence electrons. The molecule has 6 nitrogen and oxygen atoms in total. The monoisotopic (exact) mass is 279 g/mol. The van der Waals surface area contributed by atoms with E-state index in [1.807, 2.05) is 0 Å². The molecule has 0 saturated carbocycles. The summed E-state index contributed by atoms with van der Waals surface area (Å²) in [6, 6.07) is -1.65. The van der Waals surface area contributed by atoms with Crippen LogP contribution in [0.15, 0.2) is 6.07 Å². The second-order valence-corrected chi connectivity index (χ2v) is 2.65. The van der Waals surface area contributed by atoms with E-state index in [1.54, 1.807) is 0 Å². The van der Waals surface area contributed by atoms with E-state index in [-0.39, 0.29) is 6.07 Å². The first kappa shape index (κ1) is 14.4. The van der Waals surface area contributed by atoms with Crippen LogP contribution in [0.4, 0.5) is 26.3 Å². The molecular formula is C6HF6N2O4-. The molecule has 0 saturated heterocycles. The summed E-state index contributed by atoms with van der Waals surface area (Å²) in [5.74, 6) is -7.19. The molecule has 1 aromatic rings. The largest absolute Gasteiger partial charge is 0.689 e. The molecule has 0 aliphatic heterocycles. The van der Waals surface area contributed by atoms with E-state index in [0.717, 1.165) is 0 Å². The Labute approximate surface area is 93.5 Å². The molecule has 1 aromatic heterocycles. The summed E-state index contributed by atoms with van der Waals surface area (Å²) in [5.41, 5.74) is -2.02. The summed E-state index contributed by atoms with van der Waals surface area (Å²) in [6.45, 7) is 0. The van der Waals surface area contributed by atoms with Crippen LogP contribution in [0.25, 0.3) is 0 Å². The summed E-state index contributed by atoms with van der Waals surface area (Å²) in [5, 5.41) is 15.1. The molecule has 12 heteroatoms. The number of rotatable bonds is 4. The summed E-state index contributed by atoms with van der Waals surface area (Å²) in [4.78, 5) is 8.73. The zero-order valence-electron chi connectivity index (χ0n) is 7.87. The lowest BCUT2D eigenvalue weighted by molar-refractivity contribution is -0.839. The summed E-state index contributed by atoms with van der Waals surface area (Å²) in [6.07, 6.45) is -6.00. The summed E-state index contributed by atoms with van der Waals surface area (Å²) in [7, 11) is 0. The third-order valence-corrected chi connectivity index (χ3v) is 1.49. The Morgan fingerprint density at radius 3 is 2.22 bits per heavy atom. The van der Waals surface area contributed by atoms with Gasteiger partial charge in [0.15, 0.2) is 0 Å². The Balaban J connectivity index is 3.13. The first-order chi connectivity index (χ1) is 8.18. The zero-order chi connectivity index (χ0) is 14.0. The van der Waals surface area contributed by atoms with Crippen LogP contribution in [-0.2, 0) is 16.0 Å². The fraction of sp³-hybridized carbons (Fsp3) is 0.333. The highest BCUT2D eigenvalue weighted by molar-refractivity contribution is 5.14. The third kappa shape index (κ3) is 2.96. The highest BCUT2D eigenvalue weighted by atomic mass is 19.4. The van der Waals surface area contributed by atoms with Crippen molar-refractivity contribution in [1.82, 2.24) is 9.97 Å². The predicted octanol–water partition coefficient (Wildman–Crippen LogP) is 0.787. The summed E-state index contributed by atoms with van der Waals surface area (Å²) < 4.78 is 74.1. The Bertz CT molecular complexity index is 425. The smallest absolute Gasteiger partial charge is 0.459 e. The molecule has 0 aromatic carbocycles. The molecule has 1 rings (SSSR count). The van der Waals surface area contributed by atoms with Crippen molar-refractivity contribution in [1.29, 1.82) is 0 Å². The lowest BCUT2D eigenvalue weighted by atomic mass is 10.2. The summed E-state index contributed by atoms with van der Waals surface area (Å²) >= 11 is 0. The maximum atomic E-state index is 12.8. The Morgan fingerprint density at radius 1 is 1.11 bits per heavy atom. The molecule has 18 heavy (non-hydrogen) atoms. The fourth-order valence-electron chi connectivity index (χ4n) is 0.784. The van der Waals surface area contributed by atoms with E-state index < -0.39 is 29.8 Å². The van der Waals surface area contributed by atoms with Gasteiger partial charge in [-0.05, 0) is 5.04 Å². The number of alkyl halides is 5. The van der Waals surface area contributed by atoms with Gasteiger partial charge in [0.25, 0.3) is 0 Å². The van der Waals surface area contributed by atoms with Gasteiger partial charge in [-0.1, -0.05) is 0 Å². The second kappa shape index (κ2) is 4.91. The van der Waals surface area contributed by atoms with Gasteiger partial charge in [-0.2, -0.15) is 36.3 Å². The number of nitrogens with zero attached hydrogens (tertiary/aromatic N) is 2. The molecule has 0 fully saturated rings. The first-order valence-electron chi connectivity index (χ1n) is 3.81. The topological polar surface area (TPSA) is 76.5 Å². The second-order valence-electron chi connectivity index (χ2n) is 2.65. The Morgan fingerprint density at radius 2 is 1.72 bits per heavy atom. The van der Waals surface area contributed by atoms with Gasteiger partial charge in [-0.15, -0.1) is 0 Å². The van der Waals surface area contributed by atoms with Crippen LogP contribution < -0.4 is 10.1 Å². The number of hydrogen-bond donors (Lipinski definition) is 0. The molecule has 1 heterocycles. The highest BCUT2D eigenvalue weighted by Crippen LogP contribution is 2.43. The van der Waals surface area contributed by atoms with Crippen molar-refractivity contribution in [2.75, 3.05) is 0 Å². The van der Waals surface area contributed by atoms with E-state index in [2.05, 4.69) is 24.9 Å². The van der Waals surface area contributed by atoms with E-state index in [0.29, 0.717) is 0 Å². The van der Waals surface area contributed by atoms with Crippen molar-refractivity contribution in [3.63, 3.8) is 0 Å². The van der Waals surface area contributed by atoms with E-state index in [9.17, 15) is 31.6 Å². The van der Waals surface area contributed by atoms with Gasteiger partial charge in [0.05, 0.1) is 0 Å². The van der Waals surface area contributed by atoms with Crippen LogP contribution in [0, 0.1) is 5.95 Å². The molecule has 0 atom stereocenters. The SMILES string of the molecule is [O-]OOOc1nc(F)cc(C(F)(F)C(F)(F)F)n1. The van der Waals surface area contributed by atoms with Gasteiger partial charge >= 0.3 is 18.1 Å². The zero-order valence-corrected chi connectivity index (χ0v) is 7.87. The van der Waals surface area contributed by atoms with Gasteiger partial charge in [0.2, 0.25) is 5.95 Å². The van der Waals surface area contributed by atoms with Crippen molar-refractivity contribution in [2.24, 2.45) is 0 Å². The van der Waals surface area contributed by atoms with Crippen molar-refractivity contribution in [3.8, 4) is 6.01 Å². The lowest BCUT2D eigenvalue weighted by Crippen LogP contribution is -2.34. The standard InChI is InChI=1S/C6H2F6N2O4/c7-3-1-2(5(8,9)6(10,11)12)13-4(14-3)16-18-17-15/h1,15H/p-1. The molecule has 0 unspecified atom stereocenters.